The maximum Gasteiger partial charge on any atom is 0.0844 e. The molecular weight excluding hydrogens is 186 g/mol. The molecule has 1 aromatic rings. The molecule has 13 heavy (non-hydrogen) atoms. The number of nitrogens with one attached hydrogen (secondary N) is 1. The Bertz CT molecular complexity index is 315. The minimum absolute atomic E-state index is 0.731. The second-order valence-corrected chi connectivity index (χ2v) is 4.07. The predicted octanol–water partition coefficient (Wildman–Crippen LogP) is 1.37. The normalized spacial score (nSPS) is 17.5. The fourth-order valence-electron chi connectivity index (χ4n) is 1.57. The molecule has 1 fully saturated rings. The van der Waals surface area contributed by atoms with Gasteiger partial charge in [-0.25, -0.2) is 0 Å². The van der Waals surface area contributed by atoms with Gasteiger partial charge in [0, 0.05) is 25.6 Å². The first kappa shape index (κ1) is 9.03. The molecule has 1 saturated heterocycles. The average Bonchev–Trinajstić information content (AvgIpc) is 2.26. The summed E-state index contributed by atoms with van der Waals surface area (Å²) in [6, 6.07) is 0. The largest absolute Gasteiger partial charge is 0.316 e. The van der Waals surface area contributed by atoms with Crippen molar-refractivity contribution in [1.82, 2.24) is 15.1 Å². The van der Waals surface area contributed by atoms with E-state index in [-0.39, 0.29) is 0 Å². The Labute approximate surface area is 83.1 Å². The molecule has 0 bridgehead atoms. The summed E-state index contributed by atoms with van der Waals surface area (Å²) in [6.07, 6.45) is 0. The summed E-state index contributed by atoms with van der Waals surface area (Å²) in [5.41, 5.74) is 2.03. The lowest BCUT2D eigenvalue weighted by Crippen LogP contribution is -2.44. The quantitative estimate of drug-likeness (QED) is 0.780. The number of halogens is 1. The first-order valence-electron chi connectivity index (χ1n) is 4.58. The SMILES string of the molecule is Cc1nn(CC2CNC2)c(C)c1Cl. The van der Waals surface area contributed by atoms with Crippen LogP contribution in [0.4, 0.5) is 0 Å². The Balaban J connectivity index is 2.14. The first-order valence-corrected chi connectivity index (χ1v) is 4.96. The Kier molecular flexibility index (Phi) is 2.30. The molecule has 1 N–H and O–H groups in total. The van der Waals surface area contributed by atoms with E-state index in [9.17, 15) is 0 Å². The third-order valence-electron chi connectivity index (χ3n) is 2.59. The molecule has 2 rings (SSSR count). The van der Waals surface area contributed by atoms with Crippen LogP contribution in [0, 0.1) is 19.8 Å². The van der Waals surface area contributed by atoms with E-state index in [1.165, 1.54) is 0 Å². The van der Waals surface area contributed by atoms with Crippen molar-refractivity contribution in [3.05, 3.63) is 16.4 Å². The zero-order valence-corrected chi connectivity index (χ0v) is 8.73. The van der Waals surface area contributed by atoms with Gasteiger partial charge in [0.15, 0.2) is 0 Å². The highest BCUT2D eigenvalue weighted by Gasteiger charge is 2.19. The Hall–Kier alpha value is -0.540. The van der Waals surface area contributed by atoms with Crippen molar-refractivity contribution >= 4 is 11.6 Å². The van der Waals surface area contributed by atoms with E-state index in [1.54, 1.807) is 0 Å². The lowest BCUT2D eigenvalue weighted by molar-refractivity contribution is 0.293. The van der Waals surface area contributed by atoms with Gasteiger partial charge in [-0.2, -0.15) is 5.10 Å². The molecule has 3 nitrogen and oxygen atoms in total. The van der Waals surface area contributed by atoms with Crippen LogP contribution in [-0.2, 0) is 6.54 Å². The lowest BCUT2D eigenvalue weighted by atomic mass is 10.0. The monoisotopic (exact) mass is 199 g/mol. The minimum Gasteiger partial charge on any atom is -0.316 e. The smallest absolute Gasteiger partial charge is 0.0844 e. The molecule has 4 heteroatoms. The highest BCUT2D eigenvalue weighted by molar-refractivity contribution is 6.31. The van der Waals surface area contributed by atoms with Gasteiger partial charge in [0.2, 0.25) is 0 Å². The lowest BCUT2D eigenvalue weighted by Gasteiger charge is -2.27. The molecule has 0 amide bonds. The fourth-order valence-corrected chi connectivity index (χ4v) is 1.71. The van der Waals surface area contributed by atoms with Crippen LogP contribution in [0.25, 0.3) is 0 Å². The number of rotatable bonds is 2. The van der Waals surface area contributed by atoms with Gasteiger partial charge in [-0.1, -0.05) is 11.6 Å². The van der Waals surface area contributed by atoms with E-state index in [4.69, 9.17) is 11.6 Å². The fraction of sp³-hybridized carbons (Fsp3) is 0.667. The van der Waals surface area contributed by atoms with Crippen LogP contribution in [0.15, 0.2) is 0 Å². The number of aromatic nitrogens is 2. The number of aryl methyl sites for hydroxylation is 1. The van der Waals surface area contributed by atoms with E-state index in [1.807, 2.05) is 18.5 Å². The van der Waals surface area contributed by atoms with Crippen LogP contribution in [0.2, 0.25) is 5.02 Å². The zero-order valence-electron chi connectivity index (χ0n) is 7.97. The molecule has 1 aromatic heterocycles. The second-order valence-electron chi connectivity index (χ2n) is 3.69. The molecule has 0 atom stereocenters. The van der Waals surface area contributed by atoms with Gasteiger partial charge in [0.25, 0.3) is 0 Å². The Morgan fingerprint density at radius 1 is 1.54 bits per heavy atom. The molecule has 0 saturated carbocycles. The molecule has 72 valence electrons. The summed E-state index contributed by atoms with van der Waals surface area (Å²) < 4.78 is 2.02. The van der Waals surface area contributed by atoms with Crippen LogP contribution in [0.3, 0.4) is 0 Å². The van der Waals surface area contributed by atoms with E-state index >= 15 is 0 Å². The first-order chi connectivity index (χ1) is 6.18. The maximum absolute atomic E-state index is 6.04. The molecule has 1 aliphatic heterocycles. The molecule has 0 aliphatic carbocycles. The molecule has 0 unspecified atom stereocenters. The van der Waals surface area contributed by atoms with E-state index in [0.29, 0.717) is 0 Å². The van der Waals surface area contributed by atoms with Gasteiger partial charge in [-0.15, -0.1) is 0 Å². The molecule has 0 radical (unpaired) electrons. The van der Waals surface area contributed by atoms with Crippen molar-refractivity contribution in [2.75, 3.05) is 13.1 Å². The molecule has 2 heterocycles. The summed E-state index contributed by atoms with van der Waals surface area (Å²) in [6.45, 7) is 7.18. The summed E-state index contributed by atoms with van der Waals surface area (Å²) in [5, 5.41) is 8.45. The standard InChI is InChI=1S/C9H14ClN3/c1-6-9(10)7(2)13(12-6)5-8-3-11-4-8/h8,11H,3-5H2,1-2H3. The average molecular weight is 200 g/mol. The third kappa shape index (κ3) is 1.58. The predicted molar refractivity (Wildman–Crippen MR) is 53.1 cm³/mol. The van der Waals surface area contributed by atoms with E-state index < -0.39 is 0 Å². The van der Waals surface area contributed by atoms with Gasteiger partial charge >= 0.3 is 0 Å². The van der Waals surface area contributed by atoms with E-state index in [0.717, 1.165) is 42.0 Å². The van der Waals surface area contributed by atoms with Gasteiger partial charge in [-0.05, 0) is 13.8 Å². The number of hydrogen-bond donors (Lipinski definition) is 1. The van der Waals surface area contributed by atoms with Crippen LogP contribution in [0.1, 0.15) is 11.4 Å². The van der Waals surface area contributed by atoms with Crippen LogP contribution >= 0.6 is 11.6 Å². The van der Waals surface area contributed by atoms with Crippen molar-refractivity contribution in [2.24, 2.45) is 5.92 Å². The zero-order chi connectivity index (χ0) is 9.42. The van der Waals surface area contributed by atoms with Crippen molar-refractivity contribution in [3.63, 3.8) is 0 Å². The van der Waals surface area contributed by atoms with Crippen molar-refractivity contribution in [3.8, 4) is 0 Å². The van der Waals surface area contributed by atoms with E-state index in [2.05, 4.69) is 10.4 Å². The van der Waals surface area contributed by atoms with Gasteiger partial charge < -0.3 is 5.32 Å². The summed E-state index contributed by atoms with van der Waals surface area (Å²) in [7, 11) is 0. The molecular formula is C9H14ClN3. The molecule has 0 aromatic carbocycles. The molecule has 1 aliphatic rings. The summed E-state index contributed by atoms with van der Waals surface area (Å²) >= 11 is 6.04. The van der Waals surface area contributed by atoms with Crippen LogP contribution in [0.5, 0.6) is 0 Å². The van der Waals surface area contributed by atoms with Gasteiger partial charge in [0.1, 0.15) is 0 Å². The van der Waals surface area contributed by atoms with Crippen LogP contribution < -0.4 is 5.32 Å². The number of nitrogens with zero attached hydrogens (tertiary/aromatic N) is 2. The van der Waals surface area contributed by atoms with Gasteiger partial charge in [0.05, 0.1) is 16.4 Å². The highest BCUT2D eigenvalue weighted by atomic mass is 35.5. The van der Waals surface area contributed by atoms with Crippen molar-refractivity contribution in [1.29, 1.82) is 0 Å². The second kappa shape index (κ2) is 3.31. The summed E-state index contributed by atoms with van der Waals surface area (Å²) in [5.74, 6) is 0.731. The minimum atomic E-state index is 0.731. The number of hydrogen-bond acceptors (Lipinski definition) is 2. The summed E-state index contributed by atoms with van der Waals surface area (Å²) in [4.78, 5) is 0. The Morgan fingerprint density at radius 3 is 2.62 bits per heavy atom. The molecule has 0 spiro atoms. The van der Waals surface area contributed by atoms with Gasteiger partial charge in [-0.3, -0.25) is 4.68 Å². The van der Waals surface area contributed by atoms with Crippen molar-refractivity contribution < 1.29 is 0 Å². The highest BCUT2D eigenvalue weighted by Crippen LogP contribution is 2.20. The maximum atomic E-state index is 6.04. The Morgan fingerprint density at radius 2 is 2.23 bits per heavy atom. The topological polar surface area (TPSA) is 29.9 Å². The van der Waals surface area contributed by atoms with Crippen LogP contribution in [-0.4, -0.2) is 22.9 Å². The third-order valence-corrected chi connectivity index (χ3v) is 3.14. The van der Waals surface area contributed by atoms with Crippen molar-refractivity contribution in [2.45, 2.75) is 20.4 Å².